The second-order valence-electron chi connectivity index (χ2n) is 5.67. The maximum Gasteiger partial charge on any atom is 0.230 e. The SMILES string of the molecule is CC1(C(=O)Nc2ccc(NS(C)(=O)=O)cc2)CCCC1. The second kappa shape index (κ2) is 5.44. The molecule has 1 aromatic rings. The number of hydrogen-bond donors (Lipinski definition) is 2. The van der Waals surface area contributed by atoms with E-state index in [0.29, 0.717) is 11.4 Å². The molecule has 6 heteroatoms. The Labute approximate surface area is 119 Å². The summed E-state index contributed by atoms with van der Waals surface area (Å²) in [7, 11) is -3.27. The van der Waals surface area contributed by atoms with Crippen LogP contribution in [0.4, 0.5) is 11.4 Å². The Balaban J connectivity index is 2.02. The molecule has 1 aliphatic rings. The first-order valence-corrected chi connectivity index (χ1v) is 8.57. The molecular formula is C14H20N2O3S. The van der Waals surface area contributed by atoms with Crippen molar-refractivity contribution in [3.63, 3.8) is 0 Å². The molecule has 0 spiro atoms. The number of sulfonamides is 1. The average molecular weight is 296 g/mol. The zero-order valence-electron chi connectivity index (χ0n) is 11.8. The van der Waals surface area contributed by atoms with E-state index >= 15 is 0 Å². The Morgan fingerprint density at radius 1 is 1.10 bits per heavy atom. The third kappa shape index (κ3) is 3.72. The summed E-state index contributed by atoms with van der Waals surface area (Å²) < 4.78 is 24.6. The maximum absolute atomic E-state index is 12.2. The van der Waals surface area contributed by atoms with Gasteiger partial charge in [-0.05, 0) is 37.1 Å². The number of anilines is 2. The first-order valence-electron chi connectivity index (χ1n) is 6.68. The Hall–Kier alpha value is -1.56. The van der Waals surface area contributed by atoms with Gasteiger partial charge in [-0.25, -0.2) is 8.42 Å². The predicted molar refractivity (Wildman–Crippen MR) is 80.1 cm³/mol. The fraction of sp³-hybridized carbons (Fsp3) is 0.500. The summed E-state index contributed by atoms with van der Waals surface area (Å²) in [5.74, 6) is 0.0406. The summed E-state index contributed by atoms with van der Waals surface area (Å²) in [6.45, 7) is 1.99. The quantitative estimate of drug-likeness (QED) is 0.896. The summed E-state index contributed by atoms with van der Waals surface area (Å²) >= 11 is 0. The number of hydrogen-bond acceptors (Lipinski definition) is 3. The van der Waals surface area contributed by atoms with Crippen LogP contribution in [-0.4, -0.2) is 20.6 Å². The van der Waals surface area contributed by atoms with E-state index < -0.39 is 10.0 Å². The zero-order valence-corrected chi connectivity index (χ0v) is 12.6. The van der Waals surface area contributed by atoms with E-state index in [4.69, 9.17) is 0 Å². The van der Waals surface area contributed by atoms with Crippen LogP contribution in [0.5, 0.6) is 0 Å². The van der Waals surface area contributed by atoms with Crippen LogP contribution in [0.2, 0.25) is 0 Å². The lowest BCUT2D eigenvalue weighted by molar-refractivity contribution is -0.124. The molecule has 5 nitrogen and oxygen atoms in total. The van der Waals surface area contributed by atoms with E-state index in [0.717, 1.165) is 31.9 Å². The van der Waals surface area contributed by atoms with Crippen molar-refractivity contribution in [2.45, 2.75) is 32.6 Å². The van der Waals surface area contributed by atoms with Gasteiger partial charge in [-0.1, -0.05) is 19.8 Å². The number of benzene rings is 1. The van der Waals surface area contributed by atoms with Crippen molar-refractivity contribution in [2.75, 3.05) is 16.3 Å². The Morgan fingerprint density at radius 3 is 2.10 bits per heavy atom. The topological polar surface area (TPSA) is 75.3 Å². The predicted octanol–water partition coefficient (Wildman–Crippen LogP) is 2.58. The van der Waals surface area contributed by atoms with Gasteiger partial charge in [0.05, 0.1) is 6.26 Å². The van der Waals surface area contributed by atoms with E-state index in [9.17, 15) is 13.2 Å². The zero-order chi connectivity index (χ0) is 14.8. The monoisotopic (exact) mass is 296 g/mol. The molecule has 1 amide bonds. The molecule has 0 unspecified atom stereocenters. The van der Waals surface area contributed by atoms with E-state index in [1.165, 1.54) is 0 Å². The maximum atomic E-state index is 12.2. The van der Waals surface area contributed by atoms with Crippen LogP contribution in [0.15, 0.2) is 24.3 Å². The molecule has 0 heterocycles. The van der Waals surface area contributed by atoms with Crippen molar-refractivity contribution >= 4 is 27.3 Å². The molecule has 1 aliphatic carbocycles. The molecule has 0 radical (unpaired) electrons. The Morgan fingerprint density at radius 2 is 1.60 bits per heavy atom. The van der Waals surface area contributed by atoms with Gasteiger partial charge >= 0.3 is 0 Å². The van der Waals surface area contributed by atoms with Gasteiger partial charge in [0.2, 0.25) is 15.9 Å². The van der Waals surface area contributed by atoms with E-state index in [-0.39, 0.29) is 11.3 Å². The highest BCUT2D eigenvalue weighted by Crippen LogP contribution is 2.38. The van der Waals surface area contributed by atoms with Crippen molar-refractivity contribution in [1.82, 2.24) is 0 Å². The van der Waals surface area contributed by atoms with Gasteiger partial charge in [0.15, 0.2) is 0 Å². The molecule has 0 saturated heterocycles. The number of carbonyl (C=O) groups excluding carboxylic acids is 1. The highest BCUT2D eigenvalue weighted by molar-refractivity contribution is 7.92. The molecule has 0 atom stereocenters. The van der Waals surface area contributed by atoms with Gasteiger partial charge in [0, 0.05) is 16.8 Å². The van der Waals surface area contributed by atoms with Crippen LogP contribution in [-0.2, 0) is 14.8 Å². The molecule has 1 aromatic carbocycles. The number of amides is 1. The number of carbonyl (C=O) groups is 1. The summed E-state index contributed by atoms with van der Waals surface area (Å²) in [6, 6.07) is 6.66. The second-order valence-corrected chi connectivity index (χ2v) is 7.42. The summed E-state index contributed by atoms with van der Waals surface area (Å²) in [6.07, 6.45) is 5.14. The number of nitrogens with one attached hydrogen (secondary N) is 2. The van der Waals surface area contributed by atoms with E-state index in [2.05, 4.69) is 10.0 Å². The summed E-state index contributed by atoms with van der Waals surface area (Å²) in [5.41, 5.74) is 0.892. The van der Waals surface area contributed by atoms with Crippen LogP contribution in [0.1, 0.15) is 32.6 Å². The lowest BCUT2D eigenvalue weighted by Crippen LogP contribution is -2.30. The largest absolute Gasteiger partial charge is 0.326 e. The smallest absolute Gasteiger partial charge is 0.230 e. The first kappa shape index (κ1) is 14.8. The van der Waals surface area contributed by atoms with E-state index in [1.807, 2.05) is 6.92 Å². The molecule has 0 aliphatic heterocycles. The highest BCUT2D eigenvalue weighted by atomic mass is 32.2. The third-order valence-corrected chi connectivity index (χ3v) is 4.31. The molecule has 2 N–H and O–H groups in total. The van der Waals surface area contributed by atoms with Gasteiger partial charge < -0.3 is 5.32 Å². The fourth-order valence-corrected chi connectivity index (χ4v) is 3.06. The summed E-state index contributed by atoms with van der Waals surface area (Å²) in [4.78, 5) is 12.2. The molecule has 20 heavy (non-hydrogen) atoms. The highest BCUT2D eigenvalue weighted by Gasteiger charge is 2.36. The molecule has 1 fully saturated rings. The van der Waals surface area contributed by atoms with Crippen molar-refractivity contribution in [1.29, 1.82) is 0 Å². The standard InChI is InChI=1S/C14H20N2O3S/c1-14(9-3-4-10-14)13(17)15-11-5-7-12(8-6-11)16-20(2,18)19/h5-8,16H,3-4,9-10H2,1-2H3,(H,15,17). The average Bonchev–Trinajstić information content (AvgIpc) is 2.78. The van der Waals surface area contributed by atoms with Crippen molar-refractivity contribution < 1.29 is 13.2 Å². The Kier molecular flexibility index (Phi) is 4.04. The van der Waals surface area contributed by atoms with Gasteiger partial charge in [0.25, 0.3) is 0 Å². The molecule has 2 rings (SSSR count). The van der Waals surface area contributed by atoms with Crippen molar-refractivity contribution in [3.05, 3.63) is 24.3 Å². The minimum absolute atomic E-state index is 0.0406. The van der Waals surface area contributed by atoms with Gasteiger partial charge in [-0.15, -0.1) is 0 Å². The normalized spacial score (nSPS) is 17.7. The summed E-state index contributed by atoms with van der Waals surface area (Å²) in [5, 5.41) is 2.90. The fourth-order valence-electron chi connectivity index (χ4n) is 2.50. The van der Waals surface area contributed by atoms with Crippen LogP contribution >= 0.6 is 0 Å². The van der Waals surface area contributed by atoms with Crippen molar-refractivity contribution in [2.24, 2.45) is 5.41 Å². The van der Waals surface area contributed by atoms with E-state index in [1.54, 1.807) is 24.3 Å². The lowest BCUT2D eigenvalue weighted by atomic mass is 9.88. The molecule has 1 saturated carbocycles. The molecule has 0 bridgehead atoms. The minimum Gasteiger partial charge on any atom is -0.326 e. The van der Waals surface area contributed by atoms with Gasteiger partial charge in [0.1, 0.15) is 0 Å². The minimum atomic E-state index is -3.27. The van der Waals surface area contributed by atoms with Gasteiger partial charge in [-0.2, -0.15) is 0 Å². The van der Waals surface area contributed by atoms with Crippen LogP contribution in [0.3, 0.4) is 0 Å². The van der Waals surface area contributed by atoms with Gasteiger partial charge in [-0.3, -0.25) is 9.52 Å². The third-order valence-electron chi connectivity index (χ3n) is 3.70. The molecule has 110 valence electrons. The number of rotatable bonds is 4. The Bertz CT molecular complexity index is 587. The first-order chi connectivity index (χ1) is 9.28. The van der Waals surface area contributed by atoms with Crippen molar-refractivity contribution in [3.8, 4) is 0 Å². The van der Waals surface area contributed by atoms with Crippen LogP contribution in [0, 0.1) is 5.41 Å². The van der Waals surface area contributed by atoms with Crippen LogP contribution < -0.4 is 10.0 Å². The lowest BCUT2D eigenvalue weighted by Gasteiger charge is -2.22. The molecular weight excluding hydrogens is 276 g/mol. The molecule has 0 aromatic heterocycles. The van der Waals surface area contributed by atoms with Crippen LogP contribution in [0.25, 0.3) is 0 Å².